The highest BCUT2D eigenvalue weighted by Crippen LogP contribution is 2.36. The van der Waals surface area contributed by atoms with Crippen LogP contribution in [0.15, 0.2) is 18.2 Å². The molecule has 7 heteroatoms. The Labute approximate surface area is 126 Å². The van der Waals surface area contributed by atoms with Gasteiger partial charge >= 0.3 is 12.1 Å². The Morgan fingerprint density at radius 3 is 2.41 bits per heavy atom. The van der Waals surface area contributed by atoms with Crippen molar-refractivity contribution >= 4 is 11.8 Å². The van der Waals surface area contributed by atoms with Crippen LogP contribution in [0.1, 0.15) is 42.1 Å². The zero-order valence-corrected chi connectivity index (χ0v) is 12.3. The van der Waals surface area contributed by atoms with Crippen molar-refractivity contribution in [2.45, 2.75) is 32.4 Å². The summed E-state index contributed by atoms with van der Waals surface area (Å²) < 4.78 is 48.0. The van der Waals surface area contributed by atoms with Gasteiger partial charge in [-0.15, -0.1) is 0 Å². The Hall–Kier alpha value is -2.05. The highest BCUT2D eigenvalue weighted by Gasteiger charge is 2.34. The van der Waals surface area contributed by atoms with Crippen LogP contribution in [0.5, 0.6) is 5.75 Å². The maximum Gasteiger partial charge on any atom is 0.419 e. The number of carbonyl (C=O) groups is 2. The van der Waals surface area contributed by atoms with Crippen LogP contribution in [-0.2, 0) is 15.7 Å². The lowest BCUT2D eigenvalue weighted by Gasteiger charge is -2.13. The van der Waals surface area contributed by atoms with Gasteiger partial charge in [0.2, 0.25) is 0 Å². The first-order chi connectivity index (χ1) is 10.3. The predicted molar refractivity (Wildman–Crippen MR) is 72.8 cm³/mol. The molecular formula is C15H17F3O4. The second kappa shape index (κ2) is 7.82. The molecule has 0 aliphatic carbocycles. The predicted octanol–water partition coefficient (Wildman–Crippen LogP) is 3.63. The van der Waals surface area contributed by atoms with E-state index in [0.717, 1.165) is 19.2 Å². The average Bonchev–Trinajstić information content (AvgIpc) is 2.45. The maximum absolute atomic E-state index is 12.9. The summed E-state index contributed by atoms with van der Waals surface area (Å²) in [6.07, 6.45) is -4.35. The summed E-state index contributed by atoms with van der Waals surface area (Å²) in [7, 11) is 1.13. The van der Waals surface area contributed by atoms with Crippen molar-refractivity contribution in [2.24, 2.45) is 0 Å². The topological polar surface area (TPSA) is 52.6 Å². The Balaban J connectivity index is 2.76. The van der Waals surface area contributed by atoms with Crippen LogP contribution in [-0.4, -0.2) is 25.5 Å². The molecule has 1 aromatic carbocycles. The average molecular weight is 318 g/mol. The smallest absolute Gasteiger partial charge is 0.419 e. The molecule has 0 bridgehead atoms. The summed E-state index contributed by atoms with van der Waals surface area (Å²) >= 11 is 0. The maximum atomic E-state index is 12.9. The molecule has 122 valence electrons. The highest BCUT2D eigenvalue weighted by atomic mass is 19.4. The fourth-order valence-corrected chi connectivity index (χ4v) is 1.87. The Kier molecular flexibility index (Phi) is 6.39. The van der Waals surface area contributed by atoms with Crippen molar-refractivity contribution in [3.8, 4) is 5.75 Å². The van der Waals surface area contributed by atoms with Crippen LogP contribution >= 0.6 is 0 Å². The number of alkyl halides is 3. The van der Waals surface area contributed by atoms with E-state index in [9.17, 15) is 22.8 Å². The second-order valence-electron chi connectivity index (χ2n) is 4.49. The van der Waals surface area contributed by atoms with Crippen LogP contribution in [0.25, 0.3) is 0 Å². The Morgan fingerprint density at radius 1 is 1.18 bits per heavy atom. The van der Waals surface area contributed by atoms with Crippen LogP contribution in [0.3, 0.4) is 0 Å². The minimum Gasteiger partial charge on any atom is -0.496 e. The standard InChI is InChI=1S/C15H17F3O4/c1-3-22-14(20)6-4-5-12(19)10-7-8-13(21-2)11(9-10)15(16,17)18/h7-9H,3-6H2,1-2H3. The van der Waals surface area contributed by atoms with E-state index in [-0.39, 0.29) is 37.2 Å². The molecule has 0 N–H and O–H groups in total. The summed E-state index contributed by atoms with van der Waals surface area (Å²) in [6.45, 7) is 1.92. The normalized spacial score (nSPS) is 11.1. The van der Waals surface area contributed by atoms with Gasteiger partial charge in [0.25, 0.3) is 0 Å². The molecule has 1 aromatic rings. The number of carbonyl (C=O) groups excluding carboxylic acids is 2. The molecule has 0 spiro atoms. The van der Waals surface area contributed by atoms with E-state index in [1.807, 2.05) is 0 Å². The number of ether oxygens (including phenoxy) is 2. The van der Waals surface area contributed by atoms with E-state index in [1.165, 1.54) is 6.07 Å². The molecule has 0 aliphatic heterocycles. The van der Waals surface area contributed by atoms with Crippen LogP contribution in [0.4, 0.5) is 13.2 Å². The Morgan fingerprint density at radius 2 is 1.86 bits per heavy atom. The lowest BCUT2D eigenvalue weighted by Crippen LogP contribution is -2.10. The molecular weight excluding hydrogens is 301 g/mol. The van der Waals surface area contributed by atoms with Gasteiger partial charge in [-0.25, -0.2) is 0 Å². The van der Waals surface area contributed by atoms with Gasteiger partial charge < -0.3 is 9.47 Å². The molecule has 0 fully saturated rings. The number of Topliss-reactive ketones (excluding diaryl/α,β-unsaturated/α-hetero) is 1. The molecule has 4 nitrogen and oxygen atoms in total. The summed E-state index contributed by atoms with van der Waals surface area (Å²) in [5.41, 5.74) is -1.05. The van der Waals surface area contributed by atoms with Crippen molar-refractivity contribution in [3.05, 3.63) is 29.3 Å². The fourth-order valence-electron chi connectivity index (χ4n) is 1.87. The van der Waals surface area contributed by atoms with Crippen LogP contribution < -0.4 is 4.74 Å². The van der Waals surface area contributed by atoms with Crippen molar-refractivity contribution in [1.29, 1.82) is 0 Å². The Bertz CT molecular complexity index is 538. The summed E-state index contributed by atoms with van der Waals surface area (Å²) in [5, 5.41) is 0. The molecule has 1 rings (SSSR count). The van der Waals surface area contributed by atoms with Gasteiger partial charge in [0.05, 0.1) is 19.3 Å². The van der Waals surface area contributed by atoms with E-state index in [2.05, 4.69) is 4.74 Å². The molecule has 0 saturated carbocycles. The van der Waals surface area contributed by atoms with Gasteiger partial charge in [-0.1, -0.05) is 0 Å². The van der Waals surface area contributed by atoms with E-state index >= 15 is 0 Å². The number of rotatable bonds is 7. The molecule has 0 unspecified atom stereocenters. The van der Waals surface area contributed by atoms with Gasteiger partial charge in [-0.3, -0.25) is 9.59 Å². The fraction of sp³-hybridized carbons (Fsp3) is 0.467. The van der Waals surface area contributed by atoms with Crippen LogP contribution in [0.2, 0.25) is 0 Å². The zero-order chi connectivity index (χ0) is 16.8. The molecule has 0 amide bonds. The van der Waals surface area contributed by atoms with Crippen molar-refractivity contribution < 1.29 is 32.2 Å². The molecule has 0 radical (unpaired) electrons. The van der Waals surface area contributed by atoms with Gasteiger partial charge in [0.1, 0.15) is 5.75 Å². The van der Waals surface area contributed by atoms with E-state index < -0.39 is 23.5 Å². The summed E-state index contributed by atoms with van der Waals surface area (Å²) in [6, 6.07) is 3.16. The number of hydrogen-bond donors (Lipinski definition) is 0. The molecule has 0 atom stereocenters. The highest BCUT2D eigenvalue weighted by molar-refractivity contribution is 5.96. The number of halogens is 3. The zero-order valence-electron chi connectivity index (χ0n) is 12.3. The first-order valence-electron chi connectivity index (χ1n) is 6.73. The van der Waals surface area contributed by atoms with Crippen molar-refractivity contribution in [3.63, 3.8) is 0 Å². The summed E-state index contributed by atoms with van der Waals surface area (Å²) in [4.78, 5) is 23.0. The van der Waals surface area contributed by atoms with Crippen LogP contribution in [0, 0.1) is 0 Å². The molecule has 0 aromatic heterocycles. The van der Waals surface area contributed by atoms with Crippen molar-refractivity contribution in [2.75, 3.05) is 13.7 Å². The van der Waals surface area contributed by atoms with E-state index in [0.29, 0.717) is 0 Å². The van der Waals surface area contributed by atoms with Gasteiger partial charge in [0, 0.05) is 18.4 Å². The minimum absolute atomic E-state index is 0.0254. The molecule has 0 saturated heterocycles. The number of hydrogen-bond acceptors (Lipinski definition) is 4. The van der Waals surface area contributed by atoms with Crippen molar-refractivity contribution in [1.82, 2.24) is 0 Å². The molecule has 0 heterocycles. The quantitative estimate of drug-likeness (QED) is 0.569. The third kappa shape index (κ3) is 5.05. The van der Waals surface area contributed by atoms with E-state index in [4.69, 9.17) is 4.74 Å². The number of methoxy groups -OCH3 is 1. The molecule has 0 aliphatic rings. The lowest BCUT2D eigenvalue weighted by molar-refractivity contribution is -0.143. The van der Waals surface area contributed by atoms with Gasteiger partial charge in [-0.2, -0.15) is 13.2 Å². The molecule has 22 heavy (non-hydrogen) atoms. The summed E-state index contributed by atoms with van der Waals surface area (Å²) in [5.74, 6) is -1.23. The lowest BCUT2D eigenvalue weighted by atomic mass is 10.0. The third-order valence-corrected chi connectivity index (χ3v) is 2.92. The van der Waals surface area contributed by atoms with Gasteiger partial charge in [-0.05, 0) is 31.5 Å². The first-order valence-corrected chi connectivity index (χ1v) is 6.73. The minimum atomic E-state index is -4.60. The van der Waals surface area contributed by atoms with E-state index in [1.54, 1.807) is 6.92 Å². The largest absolute Gasteiger partial charge is 0.496 e. The number of ketones is 1. The second-order valence-corrected chi connectivity index (χ2v) is 4.49. The monoisotopic (exact) mass is 318 g/mol. The third-order valence-electron chi connectivity index (χ3n) is 2.92. The number of benzene rings is 1. The first kappa shape index (κ1) is 18.0. The van der Waals surface area contributed by atoms with Gasteiger partial charge in [0.15, 0.2) is 5.78 Å². The SMILES string of the molecule is CCOC(=O)CCCC(=O)c1ccc(OC)c(C(F)(F)F)c1. The number of esters is 1.